The number of hydrogen-bond donors (Lipinski definition) is 0. The van der Waals surface area contributed by atoms with Gasteiger partial charge in [0, 0.05) is 22.3 Å². The van der Waals surface area contributed by atoms with Crippen LogP contribution >= 0.6 is 22.9 Å². The van der Waals surface area contributed by atoms with Crippen LogP contribution in [0.1, 0.15) is 42.4 Å². The molecule has 2 rings (SSSR count). The van der Waals surface area contributed by atoms with E-state index in [1.807, 2.05) is 13.8 Å². The fourth-order valence-corrected chi connectivity index (χ4v) is 5.97. The number of aryl methyl sites for hydroxylation is 1. The van der Waals surface area contributed by atoms with Crippen molar-refractivity contribution in [2.75, 3.05) is 6.54 Å². The summed E-state index contributed by atoms with van der Waals surface area (Å²) in [5, 5.41) is 0. The minimum Gasteiger partial charge on any atom is -0.207 e. The van der Waals surface area contributed by atoms with E-state index in [9.17, 15) is 8.42 Å². The summed E-state index contributed by atoms with van der Waals surface area (Å²) in [5.74, 6) is 0.372. The highest BCUT2D eigenvalue weighted by molar-refractivity contribution is 7.89. The number of nitrogens with zero attached hydrogens (tertiary/aromatic N) is 1. The van der Waals surface area contributed by atoms with E-state index in [0.717, 1.165) is 35.4 Å². The van der Waals surface area contributed by atoms with Gasteiger partial charge in [0.1, 0.15) is 0 Å². The lowest BCUT2D eigenvalue weighted by Gasteiger charge is -2.26. The summed E-state index contributed by atoms with van der Waals surface area (Å²) in [5.41, 5.74) is 0. The molecule has 1 aromatic heterocycles. The van der Waals surface area contributed by atoms with E-state index in [-0.39, 0.29) is 6.04 Å². The monoisotopic (exact) mass is 321 g/mol. The number of thiophene rings is 1. The average molecular weight is 322 g/mol. The molecule has 0 aromatic carbocycles. The molecule has 19 heavy (non-hydrogen) atoms. The highest BCUT2D eigenvalue weighted by Gasteiger charge is 2.31. The zero-order valence-electron chi connectivity index (χ0n) is 11.4. The van der Waals surface area contributed by atoms with Crippen LogP contribution in [0.2, 0.25) is 0 Å². The van der Waals surface area contributed by atoms with Gasteiger partial charge in [-0.3, -0.25) is 0 Å². The van der Waals surface area contributed by atoms with Gasteiger partial charge in [0.05, 0.1) is 10.8 Å². The van der Waals surface area contributed by atoms with Crippen molar-refractivity contribution in [3.05, 3.63) is 15.8 Å². The molecule has 0 aliphatic carbocycles. The maximum absolute atomic E-state index is 12.8. The van der Waals surface area contributed by atoms with E-state index in [1.54, 1.807) is 10.4 Å². The van der Waals surface area contributed by atoms with Crippen LogP contribution in [-0.4, -0.2) is 25.3 Å². The first kappa shape index (κ1) is 15.3. The molecule has 1 atom stereocenters. The Labute approximate surface area is 124 Å². The molecule has 1 saturated heterocycles. The van der Waals surface area contributed by atoms with Gasteiger partial charge in [-0.2, -0.15) is 4.31 Å². The second-order valence-corrected chi connectivity index (χ2v) is 8.55. The molecule has 1 aliphatic heterocycles. The maximum Gasteiger partial charge on any atom is 0.244 e. The summed E-state index contributed by atoms with van der Waals surface area (Å²) in [6.07, 6.45) is 4.13. The number of hydrogen-bond acceptors (Lipinski definition) is 3. The summed E-state index contributed by atoms with van der Waals surface area (Å²) in [6, 6.07) is 1.83. The van der Waals surface area contributed by atoms with Gasteiger partial charge in [-0.05, 0) is 32.8 Å². The lowest BCUT2D eigenvalue weighted by molar-refractivity contribution is 0.342. The highest BCUT2D eigenvalue weighted by Crippen LogP contribution is 2.31. The second kappa shape index (κ2) is 6.12. The van der Waals surface area contributed by atoms with Gasteiger partial charge < -0.3 is 0 Å². The molecular formula is C13H20ClNO2S2. The van der Waals surface area contributed by atoms with Crippen LogP contribution in [0, 0.1) is 6.92 Å². The zero-order valence-corrected chi connectivity index (χ0v) is 13.7. The molecule has 1 aromatic rings. The minimum atomic E-state index is -3.37. The van der Waals surface area contributed by atoms with Crippen molar-refractivity contribution in [1.29, 1.82) is 0 Å². The Balaban J connectivity index is 2.37. The summed E-state index contributed by atoms with van der Waals surface area (Å²) in [7, 11) is -3.37. The molecule has 3 nitrogen and oxygen atoms in total. The third-order valence-electron chi connectivity index (χ3n) is 3.63. The van der Waals surface area contributed by atoms with Crippen molar-refractivity contribution in [3.8, 4) is 0 Å². The molecule has 0 bridgehead atoms. The molecule has 0 N–H and O–H groups in total. The van der Waals surface area contributed by atoms with Crippen LogP contribution in [0.25, 0.3) is 0 Å². The van der Waals surface area contributed by atoms with E-state index < -0.39 is 10.0 Å². The Morgan fingerprint density at radius 3 is 2.79 bits per heavy atom. The predicted octanol–water partition coefficient (Wildman–Crippen LogP) is 3.75. The highest BCUT2D eigenvalue weighted by atomic mass is 35.5. The average Bonchev–Trinajstić information content (AvgIpc) is 2.61. The van der Waals surface area contributed by atoms with Gasteiger partial charge in [0.25, 0.3) is 0 Å². The van der Waals surface area contributed by atoms with E-state index in [0.29, 0.717) is 17.3 Å². The van der Waals surface area contributed by atoms with Gasteiger partial charge in [0.2, 0.25) is 10.0 Å². The van der Waals surface area contributed by atoms with Crippen molar-refractivity contribution < 1.29 is 8.42 Å². The van der Waals surface area contributed by atoms with E-state index in [2.05, 4.69) is 0 Å². The van der Waals surface area contributed by atoms with Crippen molar-refractivity contribution in [2.45, 2.75) is 56.3 Å². The molecule has 1 aliphatic rings. The van der Waals surface area contributed by atoms with Crippen molar-refractivity contribution in [1.82, 2.24) is 4.31 Å². The third-order valence-corrected chi connectivity index (χ3v) is 7.40. The molecule has 1 fully saturated rings. The number of halogens is 1. The normalized spacial score (nSPS) is 22.4. The number of rotatable bonds is 3. The molecule has 0 spiro atoms. The lowest BCUT2D eigenvalue weighted by Crippen LogP contribution is -2.38. The smallest absolute Gasteiger partial charge is 0.207 e. The first-order valence-corrected chi connectivity index (χ1v) is 9.43. The Morgan fingerprint density at radius 2 is 2.16 bits per heavy atom. The fraction of sp³-hybridized carbons (Fsp3) is 0.692. The maximum atomic E-state index is 12.8. The van der Waals surface area contributed by atoms with E-state index in [4.69, 9.17) is 11.6 Å². The summed E-state index contributed by atoms with van der Waals surface area (Å²) in [4.78, 5) is 2.20. The summed E-state index contributed by atoms with van der Waals surface area (Å²) in [6.45, 7) is 4.50. The molecule has 0 saturated carbocycles. The topological polar surface area (TPSA) is 37.4 Å². The van der Waals surface area contributed by atoms with Gasteiger partial charge in [0.15, 0.2) is 0 Å². The van der Waals surface area contributed by atoms with Crippen LogP contribution in [0.3, 0.4) is 0 Å². The quantitative estimate of drug-likeness (QED) is 0.795. The molecule has 0 amide bonds. The Morgan fingerprint density at radius 1 is 1.42 bits per heavy atom. The standard InChI is InChI=1S/C13H20ClNO2S2/c1-10-6-4-3-5-7-15(10)19(16,17)13-8-12(9-14)18-11(13)2/h8,10H,3-7,9H2,1-2H3. The largest absolute Gasteiger partial charge is 0.244 e. The van der Waals surface area contributed by atoms with Crippen LogP contribution in [-0.2, 0) is 15.9 Å². The van der Waals surface area contributed by atoms with E-state index in [1.165, 1.54) is 11.3 Å². The predicted molar refractivity (Wildman–Crippen MR) is 80.4 cm³/mol. The van der Waals surface area contributed by atoms with Gasteiger partial charge in [-0.25, -0.2) is 8.42 Å². The van der Waals surface area contributed by atoms with Gasteiger partial charge >= 0.3 is 0 Å². The summed E-state index contributed by atoms with van der Waals surface area (Å²) >= 11 is 7.28. The fourth-order valence-electron chi connectivity index (χ4n) is 2.58. The Hall–Kier alpha value is -0.100. The number of sulfonamides is 1. The first-order valence-electron chi connectivity index (χ1n) is 6.64. The first-order chi connectivity index (χ1) is 8.96. The van der Waals surface area contributed by atoms with Crippen molar-refractivity contribution in [3.63, 3.8) is 0 Å². The van der Waals surface area contributed by atoms with Crippen LogP contribution < -0.4 is 0 Å². The van der Waals surface area contributed by atoms with E-state index >= 15 is 0 Å². The van der Waals surface area contributed by atoms with Crippen molar-refractivity contribution >= 4 is 33.0 Å². The van der Waals surface area contributed by atoms with Crippen LogP contribution in [0.4, 0.5) is 0 Å². The molecule has 6 heteroatoms. The molecule has 2 heterocycles. The summed E-state index contributed by atoms with van der Waals surface area (Å²) < 4.78 is 27.3. The molecule has 0 radical (unpaired) electrons. The SMILES string of the molecule is Cc1sc(CCl)cc1S(=O)(=O)N1CCCCCC1C. The lowest BCUT2D eigenvalue weighted by atomic mass is 10.1. The molecular weight excluding hydrogens is 302 g/mol. The zero-order chi connectivity index (χ0) is 14.0. The Bertz CT molecular complexity index is 539. The molecule has 1 unspecified atom stereocenters. The Kier molecular flexibility index (Phi) is 4.93. The van der Waals surface area contributed by atoms with Crippen molar-refractivity contribution in [2.24, 2.45) is 0 Å². The second-order valence-electron chi connectivity index (χ2n) is 5.08. The third kappa shape index (κ3) is 3.15. The van der Waals surface area contributed by atoms with Crippen LogP contribution in [0.5, 0.6) is 0 Å². The van der Waals surface area contributed by atoms with Gasteiger partial charge in [-0.1, -0.05) is 12.8 Å². The van der Waals surface area contributed by atoms with Gasteiger partial charge in [-0.15, -0.1) is 22.9 Å². The van der Waals surface area contributed by atoms with Crippen LogP contribution in [0.15, 0.2) is 11.0 Å². The number of alkyl halides is 1. The molecule has 108 valence electrons. The minimum absolute atomic E-state index is 0.0891.